The van der Waals surface area contributed by atoms with Gasteiger partial charge < -0.3 is 5.73 Å². The van der Waals surface area contributed by atoms with Gasteiger partial charge in [-0.05, 0) is 55.5 Å². The van der Waals surface area contributed by atoms with Crippen LogP contribution in [0.4, 0.5) is 0 Å². The number of hydrogen-bond donors (Lipinski definition) is 1. The Bertz CT molecular complexity index is 279. The Morgan fingerprint density at radius 1 is 1.00 bits per heavy atom. The van der Waals surface area contributed by atoms with Crippen molar-refractivity contribution in [1.29, 1.82) is 0 Å². The molecular weight excluding hydrogens is 182 g/mol. The zero-order valence-electron chi connectivity index (χ0n) is 8.77. The van der Waals surface area contributed by atoms with Gasteiger partial charge in [0.15, 0.2) is 0 Å². The van der Waals surface area contributed by atoms with Gasteiger partial charge in [-0.25, -0.2) is 0 Å². The van der Waals surface area contributed by atoms with Gasteiger partial charge in [0.1, 0.15) is 0 Å². The Labute approximate surface area is 86.7 Å². The van der Waals surface area contributed by atoms with Gasteiger partial charge in [-0.2, -0.15) is 0 Å². The summed E-state index contributed by atoms with van der Waals surface area (Å²) < 4.78 is 0. The van der Waals surface area contributed by atoms with E-state index in [-0.39, 0.29) is 12.4 Å². The Morgan fingerprint density at radius 2 is 1.38 bits per heavy atom. The van der Waals surface area contributed by atoms with Crippen LogP contribution in [0.15, 0.2) is 6.07 Å². The van der Waals surface area contributed by atoms with Crippen LogP contribution in [0, 0.1) is 27.7 Å². The topological polar surface area (TPSA) is 26.0 Å². The van der Waals surface area contributed by atoms with Crippen molar-refractivity contribution >= 4 is 12.4 Å². The SMILES string of the molecule is Cc1cc(C)c(C)c(CN)c1C.Cl. The fourth-order valence-corrected chi connectivity index (χ4v) is 1.60. The molecule has 0 fully saturated rings. The molecule has 0 saturated heterocycles. The minimum atomic E-state index is 0. The van der Waals surface area contributed by atoms with Gasteiger partial charge in [0.2, 0.25) is 0 Å². The number of nitrogens with two attached hydrogens (primary N) is 1. The Balaban J connectivity index is 0.00000144. The first-order valence-electron chi connectivity index (χ1n) is 4.34. The summed E-state index contributed by atoms with van der Waals surface area (Å²) in [6, 6.07) is 2.23. The molecule has 0 aliphatic carbocycles. The first kappa shape index (κ1) is 12.5. The third-order valence-electron chi connectivity index (χ3n) is 2.73. The lowest BCUT2D eigenvalue weighted by atomic mass is 9.94. The molecule has 0 radical (unpaired) electrons. The zero-order chi connectivity index (χ0) is 9.30. The van der Waals surface area contributed by atoms with E-state index < -0.39 is 0 Å². The van der Waals surface area contributed by atoms with Gasteiger partial charge in [-0.3, -0.25) is 0 Å². The molecular formula is C11H18ClN. The molecule has 0 atom stereocenters. The van der Waals surface area contributed by atoms with Crippen molar-refractivity contribution in [3.63, 3.8) is 0 Å². The molecule has 0 saturated carbocycles. The van der Waals surface area contributed by atoms with Crippen molar-refractivity contribution < 1.29 is 0 Å². The highest BCUT2D eigenvalue weighted by atomic mass is 35.5. The maximum Gasteiger partial charge on any atom is 0.0183 e. The summed E-state index contributed by atoms with van der Waals surface area (Å²) in [5.41, 5.74) is 12.4. The molecule has 0 spiro atoms. The molecule has 1 aromatic carbocycles. The number of halogens is 1. The summed E-state index contributed by atoms with van der Waals surface area (Å²) in [5, 5.41) is 0. The fraction of sp³-hybridized carbons (Fsp3) is 0.455. The molecule has 0 unspecified atom stereocenters. The van der Waals surface area contributed by atoms with Gasteiger partial charge in [-0.1, -0.05) is 6.07 Å². The second kappa shape index (κ2) is 4.64. The van der Waals surface area contributed by atoms with Crippen molar-refractivity contribution in [2.45, 2.75) is 34.2 Å². The van der Waals surface area contributed by atoms with Gasteiger partial charge in [0.25, 0.3) is 0 Å². The van der Waals surface area contributed by atoms with Crippen molar-refractivity contribution in [1.82, 2.24) is 0 Å². The number of aryl methyl sites for hydroxylation is 2. The molecule has 13 heavy (non-hydrogen) atoms. The predicted octanol–water partition coefficient (Wildman–Crippen LogP) is 2.80. The van der Waals surface area contributed by atoms with Crippen LogP contribution in [0.1, 0.15) is 27.8 Å². The lowest BCUT2D eigenvalue weighted by Gasteiger charge is -2.13. The molecule has 0 aliphatic heterocycles. The molecule has 74 valence electrons. The number of benzene rings is 1. The quantitative estimate of drug-likeness (QED) is 0.740. The first-order chi connectivity index (χ1) is 5.57. The van der Waals surface area contributed by atoms with Crippen LogP contribution in [-0.2, 0) is 6.54 Å². The van der Waals surface area contributed by atoms with E-state index >= 15 is 0 Å². The van der Waals surface area contributed by atoms with Gasteiger partial charge >= 0.3 is 0 Å². The van der Waals surface area contributed by atoms with Gasteiger partial charge in [0.05, 0.1) is 0 Å². The highest BCUT2D eigenvalue weighted by Crippen LogP contribution is 2.20. The monoisotopic (exact) mass is 199 g/mol. The molecule has 1 rings (SSSR count). The van der Waals surface area contributed by atoms with E-state index in [1.165, 1.54) is 27.8 Å². The second-order valence-corrected chi connectivity index (χ2v) is 3.44. The summed E-state index contributed by atoms with van der Waals surface area (Å²) in [5.74, 6) is 0. The molecule has 0 heterocycles. The van der Waals surface area contributed by atoms with Crippen LogP contribution in [0.2, 0.25) is 0 Å². The molecule has 2 heteroatoms. The summed E-state index contributed by atoms with van der Waals surface area (Å²) >= 11 is 0. The summed E-state index contributed by atoms with van der Waals surface area (Å²) in [6.45, 7) is 9.22. The smallest absolute Gasteiger partial charge is 0.0183 e. The minimum Gasteiger partial charge on any atom is -0.326 e. The van der Waals surface area contributed by atoms with E-state index in [1.54, 1.807) is 0 Å². The Hall–Kier alpha value is -0.530. The van der Waals surface area contributed by atoms with Crippen LogP contribution in [-0.4, -0.2) is 0 Å². The highest BCUT2D eigenvalue weighted by Gasteiger charge is 2.05. The maximum absolute atomic E-state index is 5.69. The zero-order valence-corrected chi connectivity index (χ0v) is 9.59. The third kappa shape index (κ3) is 2.23. The van der Waals surface area contributed by atoms with Crippen LogP contribution in [0.3, 0.4) is 0 Å². The van der Waals surface area contributed by atoms with E-state index in [9.17, 15) is 0 Å². The van der Waals surface area contributed by atoms with E-state index in [0.29, 0.717) is 6.54 Å². The minimum absolute atomic E-state index is 0. The molecule has 0 bridgehead atoms. The van der Waals surface area contributed by atoms with E-state index in [1.807, 2.05) is 0 Å². The van der Waals surface area contributed by atoms with Gasteiger partial charge in [-0.15, -0.1) is 12.4 Å². The van der Waals surface area contributed by atoms with Crippen molar-refractivity contribution in [3.8, 4) is 0 Å². The summed E-state index contributed by atoms with van der Waals surface area (Å²) in [4.78, 5) is 0. The number of hydrogen-bond acceptors (Lipinski definition) is 1. The molecule has 0 amide bonds. The van der Waals surface area contributed by atoms with Crippen molar-refractivity contribution in [2.24, 2.45) is 5.73 Å². The van der Waals surface area contributed by atoms with E-state index in [2.05, 4.69) is 33.8 Å². The average molecular weight is 200 g/mol. The second-order valence-electron chi connectivity index (χ2n) is 3.44. The summed E-state index contributed by atoms with van der Waals surface area (Å²) in [7, 11) is 0. The van der Waals surface area contributed by atoms with Crippen LogP contribution in [0.5, 0.6) is 0 Å². The summed E-state index contributed by atoms with van der Waals surface area (Å²) in [6.07, 6.45) is 0. The third-order valence-corrected chi connectivity index (χ3v) is 2.73. The van der Waals surface area contributed by atoms with E-state index in [0.717, 1.165) is 0 Å². The predicted molar refractivity (Wildman–Crippen MR) is 60.5 cm³/mol. The number of rotatable bonds is 1. The largest absolute Gasteiger partial charge is 0.326 e. The van der Waals surface area contributed by atoms with Crippen molar-refractivity contribution in [2.75, 3.05) is 0 Å². The lowest BCUT2D eigenvalue weighted by molar-refractivity contribution is 1.01. The first-order valence-corrected chi connectivity index (χ1v) is 4.34. The van der Waals surface area contributed by atoms with Crippen LogP contribution < -0.4 is 5.73 Å². The van der Waals surface area contributed by atoms with Crippen LogP contribution >= 0.6 is 12.4 Å². The molecule has 1 aromatic rings. The van der Waals surface area contributed by atoms with Crippen LogP contribution in [0.25, 0.3) is 0 Å². The average Bonchev–Trinajstić information content (AvgIpc) is 2.02. The lowest BCUT2D eigenvalue weighted by Crippen LogP contribution is -2.04. The molecule has 1 nitrogen and oxygen atoms in total. The maximum atomic E-state index is 5.69. The van der Waals surface area contributed by atoms with Crippen molar-refractivity contribution in [3.05, 3.63) is 33.9 Å². The van der Waals surface area contributed by atoms with E-state index in [4.69, 9.17) is 5.73 Å². The Kier molecular flexibility index (Phi) is 4.45. The highest BCUT2D eigenvalue weighted by molar-refractivity contribution is 5.85. The normalized spacial score (nSPS) is 9.62. The molecule has 0 aliphatic rings. The molecule has 2 N–H and O–H groups in total. The Morgan fingerprint density at radius 3 is 1.69 bits per heavy atom. The molecule has 0 aromatic heterocycles. The fourth-order valence-electron chi connectivity index (χ4n) is 1.60. The van der Waals surface area contributed by atoms with Gasteiger partial charge in [0, 0.05) is 6.54 Å². The standard InChI is InChI=1S/C11H17N.ClH/c1-7-5-8(2)10(4)11(6-12)9(7)3;/h5H,6,12H2,1-4H3;1H.